The van der Waals surface area contributed by atoms with Gasteiger partial charge in [-0.3, -0.25) is 9.78 Å². The van der Waals surface area contributed by atoms with Gasteiger partial charge in [-0.2, -0.15) is 0 Å². The van der Waals surface area contributed by atoms with Crippen LogP contribution in [0.1, 0.15) is 9.67 Å². The minimum absolute atomic E-state index is 0.656. The van der Waals surface area contributed by atoms with Crippen molar-refractivity contribution < 1.29 is 9.53 Å². The van der Waals surface area contributed by atoms with Crippen LogP contribution in [-0.4, -0.2) is 11.3 Å². The van der Waals surface area contributed by atoms with Crippen molar-refractivity contribution in [1.82, 2.24) is 4.98 Å². The minimum atomic E-state index is 0.656. The van der Waals surface area contributed by atoms with Gasteiger partial charge in [0.25, 0.3) is 0 Å². The number of nitrogens with zero attached hydrogens (tertiary/aromatic N) is 1. The molecule has 0 atom stereocenters. The van der Waals surface area contributed by atoms with Gasteiger partial charge in [0.15, 0.2) is 11.3 Å². The highest BCUT2D eigenvalue weighted by molar-refractivity contribution is 7.15. The first-order chi connectivity index (χ1) is 8.86. The van der Waals surface area contributed by atoms with Gasteiger partial charge in [0.05, 0.1) is 10.4 Å². The van der Waals surface area contributed by atoms with Gasteiger partial charge in [-0.25, -0.2) is 0 Å². The molecule has 0 fully saturated rings. The number of carbonyl (C=O) groups excluding carboxylic acids is 1. The van der Waals surface area contributed by atoms with E-state index in [0.29, 0.717) is 9.94 Å². The van der Waals surface area contributed by atoms with E-state index in [1.165, 1.54) is 11.3 Å². The van der Waals surface area contributed by atoms with Gasteiger partial charge < -0.3 is 4.74 Å². The van der Waals surface area contributed by atoms with Crippen molar-refractivity contribution in [2.24, 2.45) is 0 Å². The lowest BCUT2D eigenvalue weighted by molar-refractivity contribution is 0.112. The summed E-state index contributed by atoms with van der Waals surface area (Å²) in [6.45, 7) is 0. The van der Waals surface area contributed by atoms with Gasteiger partial charge in [0.2, 0.25) is 0 Å². The number of benzene rings is 1. The topological polar surface area (TPSA) is 39.2 Å². The smallest absolute Gasteiger partial charge is 0.181 e. The zero-order chi connectivity index (χ0) is 12.4. The molecule has 1 aromatic carbocycles. The second-order valence-electron chi connectivity index (χ2n) is 3.70. The highest BCUT2D eigenvalue weighted by Gasteiger charge is 2.05. The molecule has 2 heterocycles. The first kappa shape index (κ1) is 10.9. The number of aromatic nitrogens is 1. The summed E-state index contributed by atoms with van der Waals surface area (Å²) in [5.41, 5.74) is 0.891. The van der Waals surface area contributed by atoms with Gasteiger partial charge in [-0.05, 0) is 36.4 Å². The van der Waals surface area contributed by atoms with Crippen LogP contribution in [0.25, 0.3) is 10.9 Å². The summed E-state index contributed by atoms with van der Waals surface area (Å²) < 4.78 is 5.79. The molecule has 88 valence electrons. The molecule has 2 aromatic heterocycles. The summed E-state index contributed by atoms with van der Waals surface area (Å²) >= 11 is 1.33. The Hall–Kier alpha value is -2.20. The molecule has 0 aliphatic heterocycles. The number of ether oxygens (including phenoxy) is 1. The molecule has 4 heteroatoms. The number of hydrogen-bond acceptors (Lipinski definition) is 4. The van der Waals surface area contributed by atoms with Crippen LogP contribution in [0.15, 0.2) is 48.7 Å². The fraction of sp³-hybridized carbons (Fsp3) is 0. The van der Waals surface area contributed by atoms with E-state index in [4.69, 9.17) is 4.74 Å². The summed E-state index contributed by atoms with van der Waals surface area (Å²) in [6, 6.07) is 13.1. The fourth-order valence-electron chi connectivity index (χ4n) is 1.73. The van der Waals surface area contributed by atoms with Crippen LogP contribution in [0.2, 0.25) is 0 Å². The second-order valence-corrected chi connectivity index (χ2v) is 4.78. The SMILES string of the molecule is O=Cc1ccc(Oc2cccc3ncccc23)s1. The molecule has 0 saturated heterocycles. The standard InChI is InChI=1S/C14H9NO2S/c16-9-10-6-7-14(18-10)17-13-5-1-4-12-11(13)3-2-8-15-12/h1-9H. The predicted octanol–water partition coefficient (Wildman–Crippen LogP) is 3.90. The summed E-state index contributed by atoms with van der Waals surface area (Å²) in [5, 5.41) is 1.66. The molecule has 3 rings (SSSR count). The lowest BCUT2D eigenvalue weighted by Crippen LogP contribution is -1.84. The number of rotatable bonds is 3. The largest absolute Gasteiger partial charge is 0.446 e. The van der Waals surface area contributed by atoms with Crippen molar-refractivity contribution >= 4 is 28.5 Å². The number of hydrogen-bond donors (Lipinski definition) is 0. The van der Waals surface area contributed by atoms with E-state index in [2.05, 4.69) is 4.98 Å². The van der Waals surface area contributed by atoms with Crippen molar-refractivity contribution in [3.05, 3.63) is 53.5 Å². The van der Waals surface area contributed by atoms with E-state index < -0.39 is 0 Å². The average molecular weight is 255 g/mol. The minimum Gasteiger partial charge on any atom is -0.446 e. The van der Waals surface area contributed by atoms with Crippen LogP contribution < -0.4 is 4.74 Å². The van der Waals surface area contributed by atoms with Crippen LogP contribution in [-0.2, 0) is 0 Å². The lowest BCUT2D eigenvalue weighted by Gasteiger charge is -2.05. The number of fused-ring (bicyclic) bond motifs is 1. The molecular formula is C14H9NO2S. The number of thiophene rings is 1. The molecule has 0 aliphatic rings. The highest BCUT2D eigenvalue weighted by atomic mass is 32.1. The van der Waals surface area contributed by atoms with Crippen LogP contribution in [0.3, 0.4) is 0 Å². The quantitative estimate of drug-likeness (QED) is 0.666. The third-order valence-electron chi connectivity index (χ3n) is 2.53. The zero-order valence-electron chi connectivity index (χ0n) is 9.37. The molecular weight excluding hydrogens is 246 g/mol. The lowest BCUT2D eigenvalue weighted by atomic mass is 10.2. The van der Waals surface area contributed by atoms with E-state index in [0.717, 1.165) is 22.9 Å². The van der Waals surface area contributed by atoms with Gasteiger partial charge >= 0.3 is 0 Å². The maximum absolute atomic E-state index is 10.6. The van der Waals surface area contributed by atoms with Crippen molar-refractivity contribution in [2.75, 3.05) is 0 Å². The average Bonchev–Trinajstić information content (AvgIpc) is 2.87. The molecule has 0 spiro atoms. The molecule has 0 aliphatic carbocycles. The van der Waals surface area contributed by atoms with Crippen molar-refractivity contribution in [3.63, 3.8) is 0 Å². The predicted molar refractivity (Wildman–Crippen MR) is 71.5 cm³/mol. The Kier molecular flexibility index (Phi) is 2.78. The monoisotopic (exact) mass is 255 g/mol. The molecule has 0 N–H and O–H groups in total. The van der Waals surface area contributed by atoms with E-state index in [1.807, 2.05) is 30.3 Å². The first-order valence-corrected chi connectivity index (χ1v) is 6.25. The van der Waals surface area contributed by atoms with Gasteiger partial charge in [0, 0.05) is 11.6 Å². The number of pyridine rings is 1. The molecule has 3 aromatic rings. The summed E-state index contributed by atoms with van der Waals surface area (Å²) in [5.74, 6) is 0.750. The zero-order valence-corrected chi connectivity index (χ0v) is 10.2. The van der Waals surface area contributed by atoms with Crippen LogP contribution in [0.4, 0.5) is 0 Å². The normalized spacial score (nSPS) is 10.4. The van der Waals surface area contributed by atoms with E-state index in [9.17, 15) is 4.79 Å². The second kappa shape index (κ2) is 4.58. The van der Waals surface area contributed by atoms with E-state index in [-0.39, 0.29) is 0 Å². The molecule has 0 unspecified atom stereocenters. The first-order valence-electron chi connectivity index (χ1n) is 5.43. The third-order valence-corrected chi connectivity index (χ3v) is 3.42. The molecule has 0 amide bonds. The Bertz CT molecular complexity index is 700. The van der Waals surface area contributed by atoms with Crippen LogP contribution >= 0.6 is 11.3 Å². The maximum Gasteiger partial charge on any atom is 0.181 e. The number of carbonyl (C=O) groups is 1. The molecule has 0 radical (unpaired) electrons. The van der Waals surface area contributed by atoms with Crippen LogP contribution in [0.5, 0.6) is 10.8 Å². The van der Waals surface area contributed by atoms with Crippen molar-refractivity contribution in [2.45, 2.75) is 0 Å². The highest BCUT2D eigenvalue weighted by Crippen LogP contribution is 2.32. The Morgan fingerprint density at radius 1 is 1.11 bits per heavy atom. The van der Waals surface area contributed by atoms with Gasteiger partial charge in [0.1, 0.15) is 5.75 Å². The molecule has 0 saturated carbocycles. The van der Waals surface area contributed by atoms with E-state index >= 15 is 0 Å². The van der Waals surface area contributed by atoms with Crippen molar-refractivity contribution in [3.8, 4) is 10.8 Å². The molecule has 3 nitrogen and oxygen atoms in total. The maximum atomic E-state index is 10.6. The van der Waals surface area contributed by atoms with Crippen molar-refractivity contribution in [1.29, 1.82) is 0 Å². The summed E-state index contributed by atoms with van der Waals surface area (Å²) in [6.07, 6.45) is 2.57. The van der Waals surface area contributed by atoms with Crippen LogP contribution in [0, 0.1) is 0 Å². The molecule has 18 heavy (non-hydrogen) atoms. The van der Waals surface area contributed by atoms with Gasteiger partial charge in [-0.1, -0.05) is 17.4 Å². The fourth-order valence-corrected chi connectivity index (χ4v) is 2.41. The van der Waals surface area contributed by atoms with E-state index in [1.54, 1.807) is 18.3 Å². The Morgan fingerprint density at radius 3 is 2.89 bits per heavy atom. The third kappa shape index (κ3) is 1.98. The summed E-state index contributed by atoms with van der Waals surface area (Å²) in [7, 11) is 0. The summed E-state index contributed by atoms with van der Waals surface area (Å²) in [4.78, 5) is 15.6. The Balaban J connectivity index is 2.01. The number of aldehydes is 1. The molecule has 0 bridgehead atoms. The Morgan fingerprint density at radius 2 is 2.06 bits per heavy atom. The Labute approximate surface area is 108 Å². The van der Waals surface area contributed by atoms with Gasteiger partial charge in [-0.15, -0.1) is 0 Å².